The van der Waals surface area contributed by atoms with Gasteiger partial charge in [-0.1, -0.05) is 0 Å². The molecule has 0 saturated heterocycles. The van der Waals surface area contributed by atoms with Crippen LogP contribution < -0.4 is 33.5 Å². The molecule has 0 bridgehead atoms. The summed E-state index contributed by atoms with van der Waals surface area (Å²) >= 11 is -0.742. The molecular formula is C20H21INO7-. The van der Waals surface area contributed by atoms with E-state index in [9.17, 15) is 14.7 Å². The van der Waals surface area contributed by atoms with Crippen LogP contribution in [0.5, 0.6) is 11.5 Å². The first kappa shape index (κ1) is 21.2. The molecule has 0 fully saturated rings. The van der Waals surface area contributed by atoms with Gasteiger partial charge in [0.05, 0.1) is 6.10 Å². The zero-order chi connectivity index (χ0) is 20.8. The number of aliphatic carboxylic acids is 1. The fourth-order valence-corrected chi connectivity index (χ4v) is 3.85. The number of halogens is 1. The third kappa shape index (κ3) is 6.23. The maximum Gasteiger partial charge on any atom is 0.333 e. The van der Waals surface area contributed by atoms with E-state index in [1.54, 1.807) is 50.2 Å². The molecule has 2 aromatic rings. The Kier molecular flexibility index (Phi) is 7.15. The Bertz CT molecular complexity index is 887. The van der Waals surface area contributed by atoms with Crippen LogP contribution in [0.15, 0.2) is 42.5 Å². The van der Waals surface area contributed by atoms with Crippen LogP contribution in [0.2, 0.25) is 0 Å². The van der Waals surface area contributed by atoms with Crippen molar-refractivity contribution >= 4 is 17.7 Å². The minimum absolute atomic E-state index is 0.0871. The summed E-state index contributed by atoms with van der Waals surface area (Å²) in [5, 5.41) is 12.0. The second-order valence-corrected chi connectivity index (χ2v) is 7.86. The Hall–Kier alpha value is -2.53. The van der Waals surface area contributed by atoms with Crippen molar-refractivity contribution in [2.24, 2.45) is 0 Å². The molecule has 0 spiro atoms. The molecule has 0 aliphatic carbocycles. The first-order chi connectivity index (χ1) is 13.9. The summed E-state index contributed by atoms with van der Waals surface area (Å²) in [5.74, 6) is 0.356. The molecule has 3 rings (SSSR count). The molecular weight excluding hydrogens is 493 g/mol. The number of carbonyl (C=O) groups excluding carboxylic acids is 1. The molecule has 2 aromatic carbocycles. The number of anilines is 1. The number of hydrogen-bond donors (Lipinski definition) is 2. The van der Waals surface area contributed by atoms with E-state index in [0.29, 0.717) is 17.2 Å². The summed E-state index contributed by atoms with van der Waals surface area (Å²) < 4.78 is 21.4. The number of fused-ring (bicyclic) bond motifs is 1. The summed E-state index contributed by atoms with van der Waals surface area (Å²) in [4.78, 5) is 23.5. The van der Waals surface area contributed by atoms with Crippen molar-refractivity contribution in [1.82, 2.24) is 0 Å². The van der Waals surface area contributed by atoms with Gasteiger partial charge in [-0.25, -0.2) is 4.79 Å². The van der Waals surface area contributed by atoms with Crippen LogP contribution in [-0.2, 0) is 27.3 Å². The minimum Gasteiger partial charge on any atom is -0.479 e. The van der Waals surface area contributed by atoms with Crippen molar-refractivity contribution in [2.45, 2.75) is 39.1 Å². The van der Waals surface area contributed by atoms with Crippen molar-refractivity contribution in [3.8, 4) is 11.5 Å². The molecule has 1 atom stereocenters. The summed E-state index contributed by atoms with van der Waals surface area (Å²) in [5.41, 5.74) is 2.03. The molecule has 8 nitrogen and oxygen atoms in total. The molecule has 0 aromatic heterocycles. The third-order valence-corrected chi connectivity index (χ3v) is 5.22. The summed E-state index contributed by atoms with van der Waals surface area (Å²) in [6, 6.07) is 12.3. The Labute approximate surface area is 179 Å². The first-order valence-corrected chi connectivity index (χ1v) is 10.7. The average Bonchev–Trinajstić information content (AvgIpc) is 3.13. The van der Waals surface area contributed by atoms with Crippen molar-refractivity contribution < 1.29 is 52.3 Å². The summed E-state index contributed by atoms with van der Waals surface area (Å²) in [6.45, 7) is 3.65. The zero-order valence-corrected chi connectivity index (χ0v) is 18.0. The fraction of sp³-hybridized carbons (Fsp3) is 0.300. The molecule has 1 aliphatic heterocycles. The number of ether oxygens (including phenoxy) is 2. The van der Waals surface area contributed by atoms with Gasteiger partial charge >= 0.3 is 139 Å². The number of nitrogens with one attached hydrogen (secondary N) is 1. The Balaban J connectivity index is 1.55. The second-order valence-electron chi connectivity index (χ2n) is 6.62. The predicted octanol–water partition coefficient (Wildman–Crippen LogP) is 0.546. The number of carboxylic acids is 1. The Morgan fingerprint density at radius 1 is 1.10 bits per heavy atom. The van der Waals surface area contributed by atoms with Crippen LogP contribution in [0.1, 0.15) is 25.0 Å². The van der Waals surface area contributed by atoms with Crippen molar-refractivity contribution in [3.63, 3.8) is 0 Å². The van der Waals surface area contributed by atoms with Gasteiger partial charge in [0, 0.05) is 0 Å². The number of rotatable bonds is 8. The monoisotopic (exact) mass is 514 g/mol. The van der Waals surface area contributed by atoms with E-state index in [4.69, 9.17) is 15.6 Å². The van der Waals surface area contributed by atoms with Gasteiger partial charge in [0.1, 0.15) is 0 Å². The van der Waals surface area contributed by atoms with Crippen LogP contribution in [0, 0.1) is 0 Å². The minimum atomic E-state index is -1.03. The summed E-state index contributed by atoms with van der Waals surface area (Å²) in [7, 11) is 0. The molecule has 9 heteroatoms. The number of carboxylic acid groups (broad SMARTS) is 1. The van der Waals surface area contributed by atoms with E-state index in [1.165, 1.54) is 0 Å². The molecule has 1 unspecified atom stereocenters. The molecule has 0 radical (unpaired) electrons. The van der Waals surface area contributed by atoms with E-state index in [2.05, 4.69) is 5.32 Å². The van der Waals surface area contributed by atoms with Crippen LogP contribution >= 0.6 is 0 Å². The van der Waals surface area contributed by atoms with Crippen LogP contribution in [0.25, 0.3) is 0 Å². The van der Waals surface area contributed by atoms with Gasteiger partial charge in [0.2, 0.25) is 0 Å². The zero-order valence-electron chi connectivity index (χ0n) is 15.9. The molecule has 2 N–H and O–H groups in total. The molecule has 1 aliphatic rings. The number of hydrogen-bond acceptors (Lipinski definition) is 6. The SMILES string of the molecule is CC(C)OC(Cc1cccc(NC(=O)OCc2ccc3c(c2)O[I-]O3)c1)C(=O)O. The quantitative estimate of drug-likeness (QED) is 0.496. The van der Waals surface area contributed by atoms with E-state index in [0.717, 1.165) is 11.1 Å². The molecule has 0 saturated carbocycles. The first-order valence-electron chi connectivity index (χ1n) is 8.93. The number of carbonyl (C=O) groups is 2. The van der Waals surface area contributed by atoms with E-state index < -0.39 is 40.2 Å². The van der Waals surface area contributed by atoms with Gasteiger partial charge in [0.25, 0.3) is 0 Å². The fourth-order valence-electron chi connectivity index (χ4n) is 2.67. The smallest absolute Gasteiger partial charge is 0.333 e. The van der Waals surface area contributed by atoms with Gasteiger partial charge in [-0.15, -0.1) is 0 Å². The van der Waals surface area contributed by atoms with E-state index in [-0.39, 0.29) is 19.1 Å². The molecule has 156 valence electrons. The molecule has 29 heavy (non-hydrogen) atoms. The standard InChI is InChI=1S/C20H21INO7/c1-12(2)27-18(19(23)24)9-13-4-3-5-15(8-13)22-20(25)26-11-14-6-7-16-17(10-14)29-21-28-16/h3-8,10,12,18H,9,11H2,1-2H3,(H,22,25)(H,23,24)/q-1. The van der Waals surface area contributed by atoms with Crippen molar-refractivity contribution in [1.29, 1.82) is 0 Å². The average molecular weight is 514 g/mol. The Morgan fingerprint density at radius 3 is 2.66 bits per heavy atom. The maximum absolute atomic E-state index is 12.1. The van der Waals surface area contributed by atoms with E-state index >= 15 is 0 Å². The van der Waals surface area contributed by atoms with Crippen LogP contribution in [-0.4, -0.2) is 29.4 Å². The topological polar surface area (TPSA) is 103 Å². The van der Waals surface area contributed by atoms with Gasteiger partial charge in [-0.3, -0.25) is 0 Å². The van der Waals surface area contributed by atoms with Crippen molar-refractivity contribution in [2.75, 3.05) is 5.32 Å². The van der Waals surface area contributed by atoms with Gasteiger partial charge in [-0.2, -0.15) is 0 Å². The van der Waals surface area contributed by atoms with Gasteiger partial charge < -0.3 is 9.84 Å². The number of amides is 1. The third-order valence-electron chi connectivity index (χ3n) is 3.91. The summed E-state index contributed by atoms with van der Waals surface area (Å²) in [6.07, 6.45) is -1.57. The van der Waals surface area contributed by atoms with Gasteiger partial charge in [0.15, 0.2) is 6.10 Å². The van der Waals surface area contributed by atoms with Crippen LogP contribution in [0.3, 0.4) is 0 Å². The largest absolute Gasteiger partial charge is 0.479 e. The van der Waals surface area contributed by atoms with E-state index in [1.807, 2.05) is 6.07 Å². The molecule has 1 heterocycles. The Morgan fingerprint density at radius 2 is 1.90 bits per heavy atom. The second kappa shape index (κ2) is 9.79. The maximum atomic E-state index is 12.1. The van der Waals surface area contributed by atoms with Gasteiger partial charge in [-0.05, 0) is 13.8 Å². The van der Waals surface area contributed by atoms with Crippen LogP contribution in [0.4, 0.5) is 10.5 Å². The number of benzene rings is 2. The molecule has 1 amide bonds. The predicted molar refractivity (Wildman–Crippen MR) is 99.3 cm³/mol. The van der Waals surface area contributed by atoms with Crippen molar-refractivity contribution in [3.05, 3.63) is 53.6 Å². The normalized spacial score (nSPS) is 13.5.